The minimum absolute atomic E-state index is 0.00383. The number of pyridine rings is 1. The molecule has 2 rings (SSSR count). The Labute approximate surface area is 134 Å². The van der Waals surface area contributed by atoms with Crippen LogP contribution in [0.4, 0.5) is 0 Å². The van der Waals surface area contributed by atoms with Crippen LogP contribution in [0.1, 0.15) is 29.3 Å². The van der Waals surface area contributed by atoms with Crippen LogP contribution < -0.4 is 5.73 Å². The quantitative estimate of drug-likeness (QED) is 0.722. The van der Waals surface area contributed by atoms with Crippen LogP contribution in [0, 0.1) is 6.92 Å². The minimum Gasteiger partial charge on any atom is -0.506 e. The molecule has 0 aliphatic rings. The Morgan fingerprint density at radius 2 is 2.00 bits per heavy atom. The number of hydrogen-bond acceptors (Lipinski definition) is 6. The largest absolute Gasteiger partial charge is 0.506 e. The second-order valence-corrected chi connectivity index (χ2v) is 5.41. The van der Waals surface area contributed by atoms with E-state index in [1.807, 2.05) is 0 Å². The lowest BCUT2D eigenvalue weighted by atomic mass is 9.96. The first-order chi connectivity index (χ1) is 10.9. The summed E-state index contributed by atoms with van der Waals surface area (Å²) in [6.45, 7) is 3.00. The number of carbonyl (C=O) groups is 1. The van der Waals surface area contributed by atoms with E-state index < -0.39 is 11.6 Å². The van der Waals surface area contributed by atoms with Gasteiger partial charge in [0.25, 0.3) is 0 Å². The van der Waals surface area contributed by atoms with E-state index in [1.54, 1.807) is 37.3 Å². The highest BCUT2D eigenvalue weighted by Crippen LogP contribution is 2.26. The predicted octanol–water partition coefficient (Wildman–Crippen LogP) is 1.51. The van der Waals surface area contributed by atoms with Gasteiger partial charge in [0.05, 0.1) is 5.69 Å². The zero-order valence-corrected chi connectivity index (χ0v) is 13.1. The number of carbonyl (C=O) groups excluding carboxylic acids is 1. The molecule has 2 aromatic rings. The molecular weight excluding hydrogens is 296 g/mol. The second kappa shape index (κ2) is 6.76. The Bertz CT molecular complexity index is 699. The molecule has 0 saturated heterocycles. The van der Waals surface area contributed by atoms with Crippen molar-refractivity contribution in [3.05, 3.63) is 58.9 Å². The Hall–Kier alpha value is -2.44. The number of aromatic hydroxyl groups is 1. The first-order valence-corrected chi connectivity index (χ1v) is 7.19. The fourth-order valence-corrected chi connectivity index (χ4v) is 2.20. The molecule has 0 bridgehead atoms. The summed E-state index contributed by atoms with van der Waals surface area (Å²) in [6.07, 6.45) is 1.50. The lowest BCUT2D eigenvalue weighted by molar-refractivity contribution is -0.166. The third kappa shape index (κ3) is 3.49. The summed E-state index contributed by atoms with van der Waals surface area (Å²) in [5, 5.41) is 20.3. The van der Waals surface area contributed by atoms with Crippen molar-refractivity contribution in [2.75, 3.05) is 0 Å². The van der Waals surface area contributed by atoms with Gasteiger partial charge < -0.3 is 20.7 Å². The number of aliphatic hydroxyl groups is 1. The van der Waals surface area contributed by atoms with Gasteiger partial charge in [0.2, 0.25) is 0 Å². The van der Waals surface area contributed by atoms with Gasteiger partial charge in [0.15, 0.2) is 5.60 Å². The number of hydrogen-bond donors (Lipinski definition) is 3. The zero-order chi connectivity index (χ0) is 17.0. The molecule has 122 valence electrons. The van der Waals surface area contributed by atoms with Gasteiger partial charge in [-0.15, -0.1) is 0 Å². The second-order valence-electron chi connectivity index (χ2n) is 5.41. The maximum absolute atomic E-state index is 12.2. The highest BCUT2D eigenvalue weighted by molar-refractivity contribution is 5.80. The van der Waals surface area contributed by atoms with Crippen molar-refractivity contribution in [3.8, 4) is 5.75 Å². The molecule has 1 aromatic heterocycles. The lowest BCUT2D eigenvalue weighted by Crippen LogP contribution is -2.34. The monoisotopic (exact) mass is 316 g/mol. The first kappa shape index (κ1) is 16.9. The smallest absolute Gasteiger partial charge is 0.342 e. The molecule has 1 heterocycles. The van der Waals surface area contributed by atoms with Crippen molar-refractivity contribution in [1.29, 1.82) is 0 Å². The van der Waals surface area contributed by atoms with Crippen LogP contribution in [0.2, 0.25) is 0 Å². The van der Waals surface area contributed by atoms with Crippen LogP contribution in [0.15, 0.2) is 36.5 Å². The standard InChI is InChI=1S/C17H20N2O4/c1-11-15(20)14(8-18)12(9-19-11)10-23-16(21)17(2,22)13-6-4-3-5-7-13/h3-7,9,20,22H,8,10,18H2,1-2H3. The van der Waals surface area contributed by atoms with E-state index in [9.17, 15) is 15.0 Å². The number of nitrogens with zero attached hydrogens (tertiary/aromatic N) is 1. The number of ether oxygens (including phenoxy) is 1. The van der Waals surface area contributed by atoms with E-state index >= 15 is 0 Å². The Morgan fingerprint density at radius 1 is 1.35 bits per heavy atom. The number of nitrogens with two attached hydrogens (primary N) is 1. The van der Waals surface area contributed by atoms with E-state index in [-0.39, 0.29) is 18.9 Å². The minimum atomic E-state index is -1.76. The van der Waals surface area contributed by atoms with E-state index in [1.165, 1.54) is 13.1 Å². The molecule has 0 aliphatic carbocycles. The van der Waals surface area contributed by atoms with E-state index in [0.717, 1.165) is 0 Å². The molecular formula is C17H20N2O4. The third-order valence-corrected chi connectivity index (χ3v) is 3.73. The number of aromatic nitrogens is 1. The summed E-state index contributed by atoms with van der Waals surface area (Å²) < 4.78 is 5.19. The van der Waals surface area contributed by atoms with Crippen LogP contribution >= 0.6 is 0 Å². The lowest BCUT2D eigenvalue weighted by Gasteiger charge is -2.22. The molecule has 0 aliphatic heterocycles. The molecule has 0 fully saturated rings. The average molecular weight is 316 g/mol. The summed E-state index contributed by atoms with van der Waals surface area (Å²) in [5.41, 5.74) is 5.74. The fourth-order valence-electron chi connectivity index (χ4n) is 2.20. The molecule has 0 radical (unpaired) electrons. The number of benzene rings is 1. The van der Waals surface area contributed by atoms with Crippen LogP contribution in [0.5, 0.6) is 5.75 Å². The Balaban J connectivity index is 2.15. The highest BCUT2D eigenvalue weighted by Gasteiger charge is 2.34. The van der Waals surface area contributed by atoms with Crippen LogP contribution in [-0.2, 0) is 28.3 Å². The molecule has 4 N–H and O–H groups in total. The molecule has 0 saturated carbocycles. The molecule has 1 unspecified atom stereocenters. The first-order valence-electron chi connectivity index (χ1n) is 7.19. The zero-order valence-electron chi connectivity index (χ0n) is 13.1. The van der Waals surface area contributed by atoms with Crippen molar-refractivity contribution in [1.82, 2.24) is 4.98 Å². The van der Waals surface area contributed by atoms with Gasteiger partial charge in [0, 0.05) is 23.9 Å². The third-order valence-electron chi connectivity index (χ3n) is 3.73. The topological polar surface area (TPSA) is 106 Å². The molecule has 0 spiro atoms. The molecule has 0 amide bonds. The van der Waals surface area contributed by atoms with Gasteiger partial charge in [-0.2, -0.15) is 0 Å². The fraction of sp³-hybridized carbons (Fsp3) is 0.294. The van der Waals surface area contributed by atoms with E-state index in [4.69, 9.17) is 10.5 Å². The number of esters is 1. The summed E-state index contributed by atoms with van der Waals surface area (Å²) in [5.74, 6) is -0.789. The SMILES string of the molecule is Cc1ncc(COC(=O)C(C)(O)c2ccccc2)c(CN)c1O. The summed E-state index contributed by atoms with van der Waals surface area (Å²) in [6, 6.07) is 8.54. The normalized spacial score (nSPS) is 13.4. The maximum Gasteiger partial charge on any atom is 0.342 e. The van der Waals surface area contributed by atoms with E-state index in [2.05, 4.69) is 4.98 Å². The van der Waals surface area contributed by atoms with Crippen molar-refractivity contribution >= 4 is 5.97 Å². The molecule has 1 aromatic carbocycles. The molecule has 1 atom stereocenters. The predicted molar refractivity (Wildman–Crippen MR) is 84.3 cm³/mol. The summed E-state index contributed by atoms with van der Waals surface area (Å²) >= 11 is 0. The highest BCUT2D eigenvalue weighted by atomic mass is 16.5. The maximum atomic E-state index is 12.2. The van der Waals surface area contributed by atoms with Gasteiger partial charge in [0.1, 0.15) is 12.4 Å². The van der Waals surface area contributed by atoms with Crippen molar-refractivity contribution in [2.45, 2.75) is 32.6 Å². The van der Waals surface area contributed by atoms with Gasteiger partial charge in [-0.25, -0.2) is 4.79 Å². The van der Waals surface area contributed by atoms with Gasteiger partial charge in [-0.1, -0.05) is 30.3 Å². The van der Waals surface area contributed by atoms with Crippen molar-refractivity contribution in [2.24, 2.45) is 5.73 Å². The van der Waals surface area contributed by atoms with Crippen molar-refractivity contribution < 1.29 is 19.7 Å². The summed E-state index contributed by atoms with van der Waals surface area (Å²) in [4.78, 5) is 16.2. The average Bonchev–Trinajstić information content (AvgIpc) is 2.56. The molecule has 23 heavy (non-hydrogen) atoms. The van der Waals surface area contributed by atoms with Gasteiger partial charge in [-0.3, -0.25) is 4.98 Å². The molecule has 6 heteroatoms. The van der Waals surface area contributed by atoms with Crippen LogP contribution in [0.3, 0.4) is 0 Å². The number of aryl methyl sites for hydroxylation is 1. The Kier molecular flexibility index (Phi) is 4.98. The Morgan fingerprint density at radius 3 is 2.61 bits per heavy atom. The van der Waals surface area contributed by atoms with E-state index in [0.29, 0.717) is 22.4 Å². The number of rotatable bonds is 5. The molecule has 6 nitrogen and oxygen atoms in total. The van der Waals surface area contributed by atoms with Gasteiger partial charge >= 0.3 is 5.97 Å². The van der Waals surface area contributed by atoms with Gasteiger partial charge in [-0.05, 0) is 19.4 Å². The van der Waals surface area contributed by atoms with Crippen LogP contribution in [-0.4, -0.2) is 21.2 Å². The summed E-state index contributed by atoms with van der Waals surface area (Å²) in [7, 11) is 0. The van der Waals surface area contributed by atoms with Crippen molar-refractivity contribution in [3.63, 3.8) is 0 Å². The van der Waals surface area contributed by atoms with Crippen LogP contribution in [0.25, 0.3) is 0 Å².